The van der Waals surface area contributed by atoms with Crippen molar-refractivity contribution in [2.45, 2.75) is 32.4 Å². The van der Waals surface area contributed by atoms with Gasteiger partial charge in [0.05, 0.1) is 24.5 Å². The van der Waals surface area contributed by atoms with Gasteiger partial charge < -0.3 is 19.8 Å². The van der Waals surface area contributed by atoms with Crippen molar-refractivity contribution in [2.75, 3.05) is 19.7 Å². The van der Waals surface area contributed by atoms with Crippen LogP contribution in [-0.4, -0.2) is 42.6 Å². The number of carbonyl (C=O) groups is 1. The molecular weight excluding hydrogens is 232 g/mol. The molecule has 2 N–H and O–H groups in total. The number of nitrogens with two attached hydrogens (primary N) is 1. The summed E-state index contributed by atoms with van der Waals surface area (Å²) in [5.41, 5.74) is 6.48. The van der Waals surface area contributed by atoms with Gasteiger partial charge in [0, 0.05) is 25.6 Å². The minimum absolute atomic E-state index is 0.00884. The summed E-state index contributed by atoms with van der Waals surface area (Å²) in [6.45, 7) is 5.56. The zero-order valence-electron chi connectivity index (χ0n) is 10.9. The third kappa shape index (κ3) is 2.57. The number of hydrogen-bond donors (Lipinski definition) is 1. The van der Waals surface area contributed by atoms with Gasteiger partial charge in [-0.2, -0.15) is 0 Å². The van der Waals surface area contributed by atoms with Gasteiger partial charge in [0.1, 0.15) is 5.76 Å². The second-order valence-corrected chi connectivity index (χ2v) is 4.63. The van der Waals surface area contributed by atoms with Crippen molar-refractivity contribution in [3.8, 4) is 0 Å². The lowest BCUT2D eigenvalue weighted by Crippen LogP contribution is -2.51. The monoisotopic (exact) mass is 252 g/mol. The van der Waals surface area contributed by atoms with E-state index in [0.29, 0.717) is 25.3 Å². The zero-order chi connectivity index (χ0) is 13.1. The Hall–Kier alpha value is -1.33. The molecule has 2 atom stereocenters. The highest BCUT2D eigenvalue weighted by Gasteiger charge is 2.28. The van der Waals surface area contributed by atoms with E-state index in [4.69, 9.17) is 14.9 Å². The SMILES string of the molecule is CCc1occc1C(=O)N1CCOC(C(C)N)C1. The fraction of sp³-hybridized carbons (Fsp3) is 0.615. The molecule has 5 heteroatoms. The van der Waals surface area contributed by atoms with Crippen LogP contribution in [-0.2, 0) is 11.2 Å². The first-order valence-electron chi connectivity index (χ1n) is 6.36. The quantitative estimate of drug-likeness (QED) is 0.872. The fourth-order valence-corrected chi connectivity index (χ4v) is 2.15. The van der Waals surface area contributed by atoms with Crippen LogP contribution in [0.2, 0.25) is 0 Å². The molecule has 1 fully saturated rings. The number of nitrogens with zero attached hydrogens (tertiary/aromatic N) is 1. The van der Waals surface area contributed by atoms with Gasteiger partial charge in [-0.3, -0.25) is 4.79 Å². The third-order valence-electron chi connectivity index (χ3n) is 3.26. The summed E-state index contributed by atoms with van der Waals surface area (Å²) in [6, 6.07) is 1.66. The molecule has 0 bridgehead atoms. The van der Waals surface area contributed by atoms with Crippen molar-refractivity contribution in [1.29, 1.82) is 0 Å². The molecule has 1 aliphatic heterocycles. The van der Waals surface area contributed by atoms with Crippen molar-refractivity contribution < 1.29 is 13.9 Å². The van der Waals surface area contributed by atoms with E-state index in [1.165, 1.54) is 0 Å². The van der Waals surface area contributed by atoms with Crippen LogP contribution in [0.5, 0.6) is 0 Å². The summed E-state index contributed by atoms with van der Waals surface area (Å²) < 4.78 is 10.8. The fourth-order valence-electron chi connectivity index (χ4n) is 2.15. The molecule has 1 aromatic rings. The van der Waals surface area contributed by atoms with E-state index in [-0.39, 0.29) is 18.1 Å². The predicted molar refractivity (Wildman–Crippen MR) is 67.4 cm³/mol. The van der Waals surface area contributed by atoms with Gasteiger partial charge in [0.15, 0.2) is 0 Å². The molecule has 1 saturated heterocycles. The standard InChI is InChI=1S/C13H20N2O3/c1-3-11-10(4-6-17-11)13(16)15-5-7-18-12(8-15)9(2)14/h4,6,9,12H,3,5,7-8,14H2,1-2H3. The van der Waals surface area contributed by atoms with E-state index in [2.05, 4.69) is 0 Å². The average molecular weight is 252 g/mol. The number of rotatable bonds is 3. The number of aryl methyl sites for hydroxylation is 1. The number of morpholine rings is 1. The van der Waals surface area contributed by atoms with Crippen LogP contribution in [0.1, 0.15) is 30.0 Å². The summed E-state index contributed by atoms with van der Waals surface area (Å²) >= 11 is 0. The van der Waals surface area contributed by atoms with E-state index < -0.39 is 0 Å². The first kappa shape index (κ1) is 13.1. The molecule has 1 aromatic heterocycles. The van der Waals surface area contributed by atoms with Gasteiger partial charge in [0.25, 0.3) is 5.91 Å². The first-order valence-corrected chi connectivity index (χ1v) is 6.36. The smallest absolute Gasteiger partial charge is 0.257 e. The van der Waals surface area contributed by atoms with E-state index in [1.807, 2.05) is 13.8 Å². The molecule has 2 rings (SSSR count). The maximum atomic E-state index is 12.4. The molecule has 0 spiro atoms. The number of amides is 1. The second-order valence-electron chi connectivity index (χ2n) is 4.63. The topological polar surface area (TPSA) is 68.7 Å². The molecule has 1 amide bonds. The van der Waals surface area contributed by atoms with Crippen LogP contribution in [0.3, 0.4) is 0 Å². The van der Waals surface area contributed by atoms with Crippen LogP contribution in [0, 0.1) is 0 Å². The van der Waals surface area contributed by atoms with Crippen molar-refractivity contribution in [2.24, 2.45) is 5.73 Å². The largest absolute Gasteiger partial charge is 0.469 e. The van der Waals surface area contributed by atoms with Crippen molar-refractivity contribution in [1.82, 2.24) is 4.90 Å². The van der Waals surface area contributed by atoms with Crippen LogP contribution < -0.4 is 5.73 Å². The number of ether oxygens (including phenoxy) is 1. The van der Waals surface area contributed by atoms with E-state index in [1.54, 1.807) is 17.2 Å². The second kappa shape index (κ2) is 5.54. The van der Waals surface area contributed by atoms with Crippen LogP contribution in [0.15, 0.2) is 16.7 Å². The molecular formula is C13H20N2O3. The first-order chi connectivity index (χ1) is 8.63. The van der Waals surface area contributed by atoms with Crippen LogP contribution >= 0.6 is 0 Å². The molecule has 0 aromatic carbocycles. The lowest BCUT2D eigenvalue weighted by Gasteiger charge is -2.34. The minimum atomic E-state index is -0.0836. The molecule has 0 aliphatic carbocycles. The van der Waals surface area contributed by atoms with Crippen molar-refractivity contribution >= 4 is 5.91 Å². The number of hydrogen-bond acceptors (Lipinski definition) is 4. The molecule has 0 radical (unpaired) electrons. The Balaban J connectivity index is 2.09. The Morgan fingerprint density at radius 2 is 2.44 bits per heavy atom. The van der Waals surface area contributed by atoms with Crippen molar-refractivity contribution in [3.63, 3.8) is 0 Å². The molecule has 18 heavy (non-hydrogen) atoms. The maximum absolute atomic E-state index is 12.4. The zero-order valence-corrected chi connectivity index (χ0v) is 10.9. The van der Waals surface area contributed by atoms with E-state index >= 15 is 0 Å². The lowest BCUT2D eigenvalue weighted by atomic mass is 10.1. The molecule has 100 valence electrons. The summed E-state index contributed by atoms with van der Waals surface area (Å²) in [6.07, 6.45) is 2.20. The summed E-state index contributed by atoms with van der Waals surface area (Å²) in [7, 11) is 0. The van der Waals surface area contributed by atoms with Gasteiger partial charge in [-0.15, -0.1) is 0 Å². The Labute approximate surface area is 107 Å². The van der Waals surface area contributed by atoms with Gasteiger partial charge >= 0.3 is 0 Å². The molecule has 2 unspecified atom stereocenters. The lowest BCUT2D eigenvalue weighted by molar-refractivity contribution is -0.0300. The van der Waals surface area contributed by atoms with Crippen LogP contribution in [0.4, 0.5) is 0 Å². The Morgan fingerprint density at radius 1 is 1.67 bits per heavy atom. The highest BCUT2D eigenvalue weighted by molar-refractivity contribution is 5.95. The minimum Gasteiger partial charge on any atom is -0.469 e. The van der Waals surface area contributed by atoms with Gasteiger partial charge in [0.2, 0.25) is 0 Å². The summed E-state index contributed by atoms with van der Waals surface area (Å²) in [5.74, 6) is 0.749. The normalized spacial score (nSPS) is 21.9. The Morgan fingerprint density at radius 3 is 3.11 bits per heavy atom. The Bertz CT molecular complexity index is 414. The predicted octanol–water partition coefficient (Wildman–Crippen LogP) is 1.03. The van der Waals surface area contributed by atoms with Gasteiger partial charge in [-0.25, -0.2) is 0 Å². The van der Waals surface area contributed by atoms with Crippen molar-refractivity contribution in [3.05, 3.63) is 23.7 Å². The van der Waals surface area contributed by atoms with Crippen LogP contribution in [0.25, 0.3) is 0 Å². The molecule has 5 nitrogen and oxygen atoms in total. The maximum Gasteiger partial charge on any atom is 0.257 e. The third-order valence-corrected chi connectivity index (χ3v) is 3.26. The highest BCUT2D eigenvalue weighted by Crippen LogP contribution is 2.17. The summed E-state index contributed by atoms with van der Waals surface area (Å²) in [5, 5.41) is 0. The molecule has 2 heterocycles. The number of carbonyl (C=O) groups excluding carboxylic acids is 1. The summed E-state index contributed by atoms with van der Waals surface area (Å²) in [4.78, 5) is 14.2. The molecule has 1 aliphatic rings. The van der Waals surface area contributed by atoms with E-state index in [9.17, 15) is 4.79 Å². The Kier molecular flexibility index (Phi) is 4.04. The van der Waals surface area contributed by atoms with Gasteiger partial charge in [-0.05, 0) is 13.0 Å². The highest BCUT2D eigenvalue weighted by atomic mass is 16.5. The van der Waals surface area contributed by atoms with E-state index in [0.717, 1.165) is 12.2 Å². The number of furan rings is 1. The molecule has 0 saturated carbocycles. The van der Waals surface area contributed by atoms with Gasteiger partial charge in [-0.1, -0.05) is 6.92 Å². The average Bonchev–Trinajstić information content (AvgIpc) is 2.86.